The van der Waals surface area contributed by atoms with Gasteiger partial charge in [0, 0.05) is 42.8 Å². The van der Waals surface area contributed by atoms with Gasteiger partial charge in [0.2, 0.25) is 0 Å². The van der Waals surface area contributed by atoms with E-state index in [-0.39, 0.29) is 0 Å². The Bertz CT molecular complexity index is 1260. The molecule has 1 heterocycles. The first-order chi connectivity index (χ1) is 17.9. The Hall–Kier alpha value is -3.32. The molecule has 1 aromatic heterocycles. The highest BCUT2D eigenvalue weighted by Gasteiger charge is 2.31. The maximum absolute atomic E-state index is 13.6. The molecule has 0 aliphatic carbocycles. The van der Waals surface area contributed by atoms with Gasteiger partial charge >= 0.3 is 6.18 Å². The Labute approximate surface area is 225 Å². The lowest BCUT2D eigenvalue weighted by atomic mass is 9.99. The first kappa shape index (κ1) is 29.2. The van der Waals surface area contributed by atoms with Crippen LogP contribution >= 0.6 is 0 Å². The van der Waals surface area contributed by atoms with Gasteiger partial charge in [0.25, 0.3) is 0 Å². The second-order valence-electron chi connectivity index (χ2n) is 10.1. The van der Waals surface area contributed by atoms with Crippen LogP contribution in [-0.4, -0.2) is 37.1 Å². The molecule has 0 radical (unpaired) electrons. The van der Waals surface area contributed by atoms with Gasteiger partial charge < -0.3 is 15.1 Å². The minimum Gasteiger partial charge on any atom is -0.370 e. The fraction of sp³-hybridized carbons (Fsp3) is 0.387. The van der Waals surface area contributed by atoms with Crippen LogP contribution in [0.15, 0.2) is 55.2 Å². The zero-order valence-corrected chi connectivity index (χ0v) is 23.3. The Kier molecular flexibility index (Phi) is 9.60. The molecule has 0 saturated heterocycles. The van der Waals surface area contributed by atoms with Crippen molar-refractivity contribution >= 4 is 17.1 Å². The number of benzene rings is 2. The normalized spacial score (nSPS) is 11.6. The van der Waals surface area contributed by atoms with E-state index in [9.17, 15) is 13.2 Å². The second-order valence-corrected chi connectivity index (χ2v) is 10.1. The highest BCUT2D eigenvalue weighted by molar-refractivity contribution is 5.80. The standard InChI is InChI=1S/C31H39F3N4/c1-8-12-38(13-9-2)30-17-26(19-35-23(30)5)29-18-28(11-10-21(29)3)36-22(4)25-14-24(20-37(6)7)15-27(16-25)31(32,33)34/h10-11,14-19,36H,4,8-9,12-13,20H2,1-3,5-7H3. The van der Waals surface area contributed by atoms with Gasteiger partial charge in [0.05, 0.1) is 16.9 Å². The summed E-state index contributed by atoms with van der Waals surface area (Å²) in [6.45, 7) is 14.8. The fourth-order valence-electron chi connectivity index (χ4n) is 4.62. The average molecular weight is 525 g/mol. The number of nitrogens with zero attached hydrogens (tertiary/aromatic N) is 3. The van der Waals surface area contributed by atoms with Crippen molar-refractivity contribution in [3.05, 3.63) is 83.2 Å². The summed E-state index contributed by atoms with van der Waals surface area (Å²) >= 11 is 0. The van der Waals surface area contributed by atoms with E-state index >= 15 is 0 Å². The van der Waals surface area contributed by atoms with Gasteiger partial charge in [-0.15, -0.1) is 0 Å². The smallest absolute Gasteiger partial charge is 0.370 e. The van der Waals surface area contributed by atoms with E-state index in [2.05, 4.69) is 36.7 Å². The molecule has 3 aromatic rings. The SMILES string of the molecule is C=C(Nc1ccc(C)c(-c2cnc(C)c(N(CCC)CCC)c2)c1)c1cc(CN(C)C)cc(C(F)(F)F)c1. The third-order valence-corrected chi connectivity index (χ3v) is 6.40. The van der Waals surface area contributed by atoms with Crippen LogP contribution in [0.25, 0.3) is 16.8 Å². The lowest BCUT2D eigenvalue weighted by Crippen LogP contribution is -2.26. The molecule has 38 heavy (non-hydrogen) atoms. The Morgan fingerprint density at radius 3 is 2.26 bits per heavy atom. The number of aryl methyl sites for hydroxylation is 2. The summed E-state index contributed by atoms with van der Waals surface area (Å²) in [4.78, 5) is 8.92. The van der Waals surface area contributed by atoms with Crippen molar-refractivity contribution in [2.45, 2.75) is 53.3 Å². The molecule has 3 rings (SSSR count). The summed E-state index contributed by atoms with van der Waals surface area (Å²) in [5, 5.41) is 3.24. The fourth-order valence-corrected chi connectivity index (χ4v) is 4.62. The van der Waals surface area contributed by atoms with Crippen molar-refractivity contribution in [2.75, 3.05) is 37.4 Å². The molecule has 0 atom stereocenters. The molecule has 0 aliphatic heterocycles. The van der Waals surface area contributed by atoms with Crippen molar-refractivity contribution in [2.24, 2.45) is 0 Å². The highest BCUT2D eigenvalue weighted by Crippen LogP contribution is 2.34. The van der Waals surface area contributed by atoms with Gasteiger partial charge in [0.1, 0.15) is 0 Å². The molecule has 0 spiro atoms. The Balaban J connectivity index is 1.95. The number of hydrogen-bond donors (Lipinski definition) is 1. The monoisotopic (exact) mass is 524 g/mol. The number of aromatic nitrogens is 1. The molecule has 4 nitrogen and oxygen atoms in total. The Morgan fingerprint density at radius 2 is 1.66 bits per heavy atom. The van der Waals surface area contributed by atoms with Gasteiger partial charge in [0.15, 0.2) is 0 Å². The van der Waals surface area contributed by atoms with Crippen LogP contribution in [0.1, 0.15) is 54.6 Å². The number of halogens is 3. The van der Waals surface area contributed by atoms with Gasteiger partial charge in [-0.2, -0.15) is 13.2 Å². The van der Waals surface area contributed by atoms with Gasteiger partial charge in [-0.25, -0.2) is 0 Å². The minimum absolute atomic E-state index is 0.398. The molecule has 7 heteroatoms. The zero-order valence-electron chi connectivity index (χ0n) is 23.3. The zero-order chi connectivity index (χ0) is 28.0. The van der Waals surface area contributed by atoms with Gasteiger partial charge in [-0.3, -0.25) is 4.98 Å². The van der Waals surface area contributed by atoms with E-state index in [1.54, 1.807) is 6.07 Å². The molecule has 0 bridgehead atoms. The number of nitrogens with one attached hydrogen (secondary N) is 1. The third-order valence-electron chi connectivity index (χ3n) is 6.40. The van der Waals surface area contributed by atoms with Crippen molar-refractivity contribution in [3.8, 4) is 11.1 Å². The number of hydrogen-bond acceptors (Lipinski definition) is 4. The van der Waals surface area contributed by atoms with E-state index in [1.807, 2.05) is 57.2 Å². The minimum atomic E-state index is -4.44. The van der Waals surface area contributed by atoms with Crippen LogP contribution in [-0.2, 0) is 12.7 Å². The summed E-state index contributed by atoms with van der Waals surface area (Å²) in [5.41, 5.74) is 6.70. The number of pyridine rings is 1. The number of anilines is 2. The van der Waals surface area contributed by atoms with Crippen LogP contribution in [0.3, 0.4) is 0 Å². The van der Waals surface area contributed by atoms with E-state index in [1.165, 1.54) is 6.07 Å². The first-order valence-electron chi connectivity index (χ1n) is 13.1. The van der Waals surface area contributed by atoms with E-state index in [4.69, 9.17) is 4.98 Å². The van der Waals surface area contributed by atoms with Crippen LogP contribution in [0, 0.1) is 13.8 Å². The van der Waals surface area contributed by atoms with Gasteiger partial charge in [-0.05, 0) is 99.4 Å². The Morgan fingerprint density at radius 1 is 0.974 bits per heavy atom. The summed E-state index contributed by atoms with van der Waals surface area (Å²) in [5.74, 6) is 0. The first-order valence-corrected chi connectivity index (χ1v) is 13.1. The molecular formula is C31H39F3N4. The van der Waals surface area contributed by atoms with Crippen LogP contribution < -0.4 is 10.2 Å². The number of rotatable bonds is 11. The third kappa shape index (κ3) is 7.38. The molecule has 204 valence electrons. The largest absolute Gasteiger partial charge is 0.416 e. The maximum atomic E-state index is 13.6. The van der Waals surface area contributed by atoms with Crippen LogP contribution in [0.2, 0.25) is 0 Å². The molecule has 1 N–H and O–H groups in total. The average Bonchev–Trinajstić information content (AvgIpc) is 2.84. The second kappa shape index (κ2) is 12.5. The van der Waals surface area contributed by atoms with Crippen molar-refractivity contribution < 1.29 is 13.2 Å². The summed E-state index contributed by atoms with van der Waals surface area (Å²) < 4.78 is 40.8. The number of alkyl halides is 3. The quantitative estimate of drug-likeness (QED) is 0.274. The summed E-state index contributed by atoms with van der Waals surface area (Å²) in [6, 6.07) is 12.2. The molecule has 0 fully saturated rings. The molecule has 2 aromatic carbocycles. The van der Waals surface area contributed by atoms with Crippen LogP contribution in [0.4, 0.5) is 24.5 Å². The predicted octanol–water partition coefficient (Wildman–Crippen LogP) is 8.16. The summed E-state index contributed by atoms with van der Waals surface area (Å²) in [7, 11) is 3.66. The lowest BCUT2D eigenvalue weighted by molar-refractivity contribution is -0.137. The van der Waals surface area contributed by atoms with E-state index < -0.39 is 11.7 Å². The maximum Gasteiger partial charge on any atom is 0.416 e. The molecule has 0 aliphatic rings. The topological polar surface area (TPSA) is 31.4 Å². The highest BCUT2D eigenvalue weighted by atomic mass is 19.4. The van der Waals surface area contributed by atoms with Gasteiger partial charge in [-0.1, -0.05) is 26.5 Å². The lowest BCUT2D eigenvalue weighted by Gasteiger charge is -2.26. The molecular weight excluding hydrogens is 485 g/mol. The predicted molar refractivity (Wildman–Crippen MR) is 153 cm³/mol. The van der Waals surface area contributed by atoms with Crippen molar-refractivity contribution in [3.63, 3.8) is 0 Å². The van der Waals surface area contributed by atoms with Crippen molar-refractivity contribution in [1.29, 1.82) is 0 Å². The van der Waals surface area contributed by atoms with Crippen molar-refractivity contribution in [1.82, 2.24) is 9.88 Å². The molecule has 0 unspecified atom stereocenters. The van der Waals surface area contributed by atoms with Crippen LogP contribution in [0.5, 0.6) is 0 Å². The van der Waals surface area contributed by atoms with E-state index in [0.717, 1.165) is 65.8 Å². The molecule has 0 saturated carbocycles. The molecule has 0 amide bonds. The summed E-state index contributed by atoms with van der Waals surface area (Å²) in [6.07, 6.45) is -0.448. The van der Waals surface area contributed by atoms with E-state index in [0.29, 0.717) is 23.4 Å².